The number of nitrogens with zero attached hydrogens (tertiary/aromatic N) is 1. The Morgan fingerprint density at radius 2 is 1.74 bits per heavy atom. The van der Waals surface area contributed by atoms with E-state index in [1.165, 1.54) is 0 Å². The largest absolute Gasteiger partial charge is 0.354 e. The summed E-state index contributed by atoms with van der Waals surface area (Å²) in [6.45, 7) is 4.86. The van der Waals surface area contributed by atoms with Crippen LogP contribution in [0.25, 0.3) is 0 Å². The van der Waals surface area contributed by atoms with Crippen LogP contribution in [0, 0.1) is 0 Å². The number of benzene rings is 2. The van der Waals surface area contributed by atoms with Gasteiger partial charge in [-0.25, -0.2) is 0 Å². The first kappa shape index (κ1) is 21.2. The van der Waals surface area contributed by atoms with E-state index in [-0.39, 0.29) is 11.8 Å². The van der Waals surface area contributed by atoms with Gasteiger partial charge < -0.3 is 10.2 Å². The first-order valence-corrected chi connectivity index (χ1v) is 10.2. The molecule has 2 aromatic carbocycles. The normalized spacial score (nSPS) is 11.7. The minimum atomic E-state index is -0.537. The summed E-state index contributed by atoms with van der Waals surface area (Å²) in [5.41, 5.74) is 2.03. The van der Waals surface area contributed by atoms with Gasteiger partial charge in [0.15, 0.2) is 0 Å². The van der Waals surface area contributed by atoms with Crippen LogP contribution in [-0.4, -0.2) is 29.3 Å². The quantitative estimate of drug-likeness (QED) is 0.643. The fraction of sp³-hybridized carbons (Fsp3) is 0.364. The van der Waals surface area contributed by atoms with Gasteiger partial charge in [-0.15, -0.1) is 0 Å². The van der Waals surface area contributed by atoms with Gasteiger partial charge in [0.25, 0.3) is 0 Å². The minimum absolute atomic E-state index is 0.0254. The third-order valence-corrected chi connectivity index (χ3v) is 4.86. The van der Waals surface area contributed by atoms with Crippen LogP contribution in [0.3, 0.4) is 0 Å². The van der Waals surface area contributed by atoms with Crippen molar-refractivity contribution in [2.24, 2.45) is 0 Å². The molecular formula is C22H27BrN2O2. The van der Waals surface area contributed by atoms with Crippen LogP contribution in [0.2, 0.25) is 0 Å². The van der Waals surface area contributed by atoms with Gasteiger partial charge in [-0.05, 0) is 29.7 Å². The number of hydrogen-bond acceptors (Lipinski definition) is 2. The van der Waals surface area contributed by atoms with Gasteiger partial charge in [0, 0.05) is 30.4 Å². The van der Waals surface area contributed by atoms with E-state index in [1.807, 2.05) is 68.4 Å². The van der Waals surface area contributed by atoms with Crippen molar-refractivity contribution in [2.45, 2.75) is 45.7 Å². The van der Waals surface area contributed by atoms with Crippen LogP contribution in [0.5, 0.6) is 0 Å². The number of hydrogen-bond donors (Lipinski definition) is 1. The van der Waals surface area contributed by atoms with E-state index in [0.29, 0.717) is 25.9 Å². The molecule has 2 rings (SSSR count). The molecule has 1 N–H and O–H groups in total. The highest BCUT2D eigenvalue weighted by Crippen LogP contribution is 2.18. The Morgan fingerprint density at radius 3 is 2.37 bits per heavy atom. The van der Waals surface area contributed by atoms with E-state index in [9.17, 15) is 9.59 Å². The molecule has 0 heterocycles. The lowest BCUT2D eigenvalue weighted by Crippen LogP contribution is -2.50. The summed E-state index contributed by atoms with van der Waals surface area (Å²) < 4.78 is 0.957. The molecule has 5 heteroatoms. The molecule has 0 saturated heterocycles. The van der Waals surface area contributed by atoms with Gasteiger partial charge in [0.05, 0.1) is 0 Å². The van der Waals surface area contributed by atoms with Crippen molar-refractivity contribution >= 4 is 27.7 Å². The molecule has 0 aliphatic heterocycles. The SMILES string of the molecule is CCCNC(=O)[C@@H](Cc1ccccc1)N(Cc1cccc(Br)c1)C(=O)CC. The fourth-order valence-corrected chi connectivity index (χ4v) is 3.40. The zero-order valence-corrected chi connectivity index (χ0v) is 17.5. The van der Waals surface area contributed by atoms with E-state index in [0.717, 1.165) is 22.0 Å². The fourth-order valence-electron chi connectivity index (χ4n) is 2.96. The molecular weight excluding hydrogens is 404 g/mol. The predicted molar refractivity (Wildman–Crippen MR) is 112 cm³/mol. The Hall–Kier alpha value is -2.14. The summed E-state index contributed by atoms with van der Waals surface area (Å²) in [6, 6.07) is 17.2. The molecule has 1 atom stereocenters. The summed E-state index contributed by atoms with van der Waals surface area (Å²) in [7, 11) is 0. The lowest BCUT2D eigenvalue weighted by Gasteiger charge is -2.31. The van der Waals surface area contributed by atoms with Crippen LogP contribution in [0.15, 0.2) is 59.1 Å². The van der Waals surface area contributed by atoms with E-state index in [4.69, 9.17) is 0 Å². The van der Waals surface area contributed by atoms with E-state index in [2.05, 4.69) is 21.2 Å². The second kappa shape index (κ2) is 10.9. The topological polar surface area (TPSA) is 49.4 Å². The maximum absolute atomic E-state index is 12.9. The molecule has 0 saturated carbocycles. The number of carbonyl (C=O) groups is 2. The van der Waals surface area contributed by atoms with E-state index in [1.54, 1.807) is 4.90 Å². The minimum Gasteiger partial charge on any atom is -0.354 e. The van der Waals surface area contributed by atoms with Crippen LogP contribution < -0.4 is 5.32 Å². The molecule has 0 aliphatic carbocycles. The highest BCUT2D eigenvalue weighted by Gasteiger charge is 2.29. The standard InChI is InChI=1S/C22H27BrN2O2/c1-3-13-24-22(27)20(15-17-9-6-5-7-10-17)25(21(26)4-2)16-18-11-8-12-19(23)14-18/h5-12,14,20H,3-4,13,15-16H2,1-2H3,(H,24,27)/t20-/m1/s1. The van der Waals surface area contributed by atoms with Crippen molar-refractivity contribution < 1.29 is 9.59 Å². The summed E-state index contributed by atoms with van der Waals surface area (Å²) in [4.78, 5) is 27.4. The third-order valence-electron chi connectivity index (χ3n) is 4.36. The molecule has 0 aromatic heterocycles. The molecule has 0 spiro atoms. The molecule has 0 unspecified atom stereocenters. The number of nitrogens with one attached hydrogen (secondary N) is 1. The molecule has 0 bridgehead atoms. The Bertz CT molecular complexity index is 749. The average Bonchev–Trinajstić information content (AvgIpc) is 2.69. The van der Waals surface area contributed by atoms with Crippen molar-refractivity contribution in [3.8, 4) is 0 Å². The van der Waals surface area contributed by atoms with Gasteiger partial charge in [0.1, 0.15) is 6.04 Å². The zero-order chi connectivity index (χ0) is 19.6. The van der Waals surface area contributed by atoms with Crippen LogP contribution >= 0.6 is 15.9 Å². The molecule has 2 aromatic rings. The Labute approximate surface area is 170 Å². The Morgan fingerprint density at radius 1 is 1.04 bits per heavy atom. The maximum Gasteiger partial charge on any atom is 0.243 e. The molecule has 4 nitrogen and oxygen atoms in total. The summed E-state index contributed by atoms with van der Waals surface area (Å²) in [5.74, 6) is -0.125. The molecule has 0 radical (unpaired) electrons. The Balaban J connectivity index is 2.32. The van der Waals surface area contributed by atoms with E-state index < -0.39 is 6.04 Å². The van der Waals surface area contributed by atoms with Crippen molar-refractivity contribution in [1.82, 2.24) is 10.2 Å². The lowest BCUT2D eigenvalue weighted by molar-refractivity contribution is -0.141. The van der Waals surface area contributed by atoms with Crippen LogP contribution in [0.4, 0.5) is 0 Å². The summed E-state index contributed by atoms with van der Waals surface area (Å²) >= 11 is 3.48. The smallest absolute Gasteiger partial charge is 0.243 e. The number of halogens is 1. The predicted octanol–water partition coefficient (Wildman–Crippen LogP) is 4.33. The molecule has 144 valence electrons. The van der Waals surface area contributed by atoms with Gasteiger partial charge in [-0.1, -0.05) is 72.2 Å². The van der Waals surface area contributed by atoms with Crippen LogP contribution in [-0.2, 0) is 22.6 Å². The Kier molecular flexibility index (Phi) is 8.52. The van der Waals surface area contributed by atoms with Crippen molar-refractivity contribution in [1.29, 1.82) is 0 Å². The van der Waals surface area contributed by atoms with Crippen molar-refractivity contribution in [3.63, 3.8) is 0 Å². The number of rotatable bonds is 9. The van der Waals surface area contributed by atoms with Gasteiger partial charge in [-0.2, -0.15) is 0 Å². The van der Waals surface area contributed by atoms with E-state index >= 15 is 0 Å². The van der Waals surface area contributed by atoms with Crippen molar-refractivity contribution in [2.75, 3.05) is 6.54 Å². The molecule has 0 fully saturated rings. The average molecular weight is 431 g/mol. The lowest BCUT2D eigenvalue weighted by atomic mass is 10.0. The first-order chi connectivity index (χ1) is 13.0. The summed E-state index contributed by atoms with van der Waals surface area (Å²) in [6.07, 6.45) is 1.72. The second-order valence-electron chi connectivity index (χ2n) is 6.50. The monoisotopic (exact) mass is 430 g/mol. The van der Waals surface area contributed by atoms with Gasteiger partial charge >= 0.3 is 0 Å². The maximum atomic E-state index is 12.9. The number of amides is 2. The van der Waals surface area contributed by atoms with Gasteiger partial charge in [-0.3, -0.25) is 9.59 Å². The second-order valence-corrected chi connectivity index (χ2v) is 7.42. The zero-order valence-electron chi connectivity index (χ0n) is 16.0. The molecule has 2 amide bonds. The highest BCUT2D eigenvalue weighted by atomic mass is 79.9. The van der Waals surface area contributed by atoms with Crippen molar-refractivity contribution in [3.05, 3.63) is 70.2 Å². The third kappa shape index (κ3) is 6.51. The highest BCUT2D eigenvalue weighted by molar-refractivity contribution is 9.10. The molecule has 0 aliphatic rings. The molecule has 27 heavy (non-hydrogen) atoms. The van der Waals surface area contributed by atoms with Crippen LogP contribution in [0.1, 0.15) is 37.8 Å². The summed E-state index contributed by atoms with van der Waals surface area (Å²) in [5, 5.41) is 2.97. The van der Waals surface area contributed by atoms with Gasteiger partial charge in [0.2, 0.25) is 11.8 Å². The first-order valence-electron chi connectivity index (χ1n) is 9.40. The number of carbonyl (C=O) groups excluding carboxylic acids is 2.